The lowest BCUT2D eigenvalue weighted by atomic mass is 10.1. The van der Waals surface area contributed by atoms with Crippen LogP contribution in [0, 0.1) is 0 Å². The first-order chi connectivity index (χ1) is 15.2. The zero-order valence-electron chi connectivity index (χ0n) is 20.5. The molecule has 1 aromatic carbocycles. The van der Waals surface area contributed by atoms with Gasteiger partial charge in [-0.25, -0.2) is 14.4 Å². The second kappa shape index (κ2) is 12.2. The van der Waals surface area contributed by atoms with Crippen LogP contribution in [-0.4, -0.2) is 47.2 Å². The van der Waals surface area contributed by atoms with Gasteiger partial charge >= 0.3 is 18.0 Å². The molecule has 0 spiro atoms. The van der Waals surface area contributed by atoms with Gasteiger partial charge in [-0.15, -0.1) is 0 Å². The summed E-state index contributed by atoms with van der Waals surface area (Å²) >= 11 is 0. The number of benzene rings is 1. The molecule has 0 aliphatic heterocycles. The molecule has 2 amide bonds. The van der Waals surface area contributed by atoms with Gasteiger partial charge in [-0.05, 0) is 60.5 Å². The molecule has 0 saturated heterocycles. The SMILES string of the molecule is C[C@@H](NC(=O)CC[C@H](NC(=O)OCc1ccccc1)C(=O)OC(C)(C)C)C(=O)OC(C)(C)C. The molecule has 0 unspecified atom stereocenters. The first-order valence-electron chi connectivity index (χ1n) is 10.9. The van der Waals surface area contributed by atoms with Crippen LogP contribution in [0.25, 0.3) is 0 Å². The summed E-state index contributed by atoms with van der Waals surface area (Å²) in [6.07, 6.45) is -0.977. The maximum Gasteiger partial charge on any atom is 0.408 e. The zero-order valence-corrected chi connectivity index (χ0v) is 20.5. The van der Waals surface area contributed by atoms with E-state index in [0.29, 0.717) is 0 Å². The Morgan fingerprint density at radius 1 is 0.848 bits per heavy atom. The normalized spacial score (nSPS) is 13.3. The van der Waals surface area contributed by atoms with Crippen molar-refractivity contribution in [1.29, 1.82) is 0 Å². The van der Waals surface area contributed by atoms with Crippen LogP contribution in [0.3, 0.4) is 0 Å². The predicted molar refractivity (Wildman–Crippen MR) is 122 cm³/mol. The Morgan fingerprint density at radius 2 is 1.39 bits per heavy atom. The van der Waals surface area contributed by atoms with Crippen molar-refractivity contribution in [2.24, 2.45) is 0 Å². The minimum atomic E-state index is -1.10. The topological polar surface area (TPSA) is 120 Å². The molecule has 1 aromatic rings. The molecule has 0 heterocycles. The highest BCUT2D eigenvalue weighted by Gasteiger charge is 2.29. The maximum absolute atomic E-state index is 12.6. The average Bonchev–Trinajstić information content (AvgIpc) is 2.67. The van der Waals surface area contributed by atoms with E-state index < -0.39 is 47.2 Å². The maximum atomic E-state index is 12.6. The molecule has 2 N–H and O–H groups in total. The quantitative estimate of drug-likeness (QED) is 0.425. The van der Waals surface area contributed by atoms with Crippen LogP contribution in [0.15, 0.2) is 30.3 Å². The van der Waals surface area contributed by atoms with Gasteiger partial charge in [0.1, 0.15) is 29.9 Å². The first kappa shape index (κ1) is 27.9. The number of alkyl carbamates (subject to hydrolysis) is 1. The standard InChI is InChI=1S/C24H36N2O7/c1-16(20(28)32-23(2,3)4)25-19(27)14-13-18(21(29)33-24(5,6)7)26-22(30)31-15-17-11-9-8-10-12-17/h8-12,16,18H,13-15H2,1-7H3,(H,25,27)(H,26,30)/t16-,18+/m1/s1. The van der Waals surface area contributed by atoms with E-state index in [1.165, 1.54) is 6.92 Å². The van der Waals surface area contributed by atoms with E-state index in [1.54, 1.807) is 53.7 Å². The molecular formula is C24H36N2O7. The van der Waals surface area contributed by atoms with Crippen molar-refractivity contribution in [1.82, 2.24) is 10.6 Å². The van der Waals surface area contributed by atoms with Crippen molar-refractivity contribution >= 4 is 23.9 Å². The lowest BCUT2D eigenvalue weighted by molar-refractivity contribution is -0.159. The number of hydrogen-bond donors (Lipinski definition) is 2. The van der Waals surface area contributed by atoms with E-state index >= 15 is 0 Å². The second-order valence-corrected chi connectivity index (χ2v) is 9.65. The monoisotopic (exact) mass is 464 g/mol. The van der Waals surface area contributed by atoms with Gasteiger partial charge in [-0.1, -0.05) is 30.3 Å². The fourth-order valence-electron chi connectivity index (χ4n) is 2.57. The summed E-state index contributed by atoms with van der Waals surface area (Å²) < 4.78 is 15.8. The third-order valence-corrected chi connectivity index (χ3v) is 3.99. The lowest BCUT2D eigenvalue weighted by Crippen LogP contribution is -2.46. The largest absolute Gasteiger partial charge is 0.458 e. The third-order valence-electron chi connectivity index (χ3n) is 3.99. The Labute approximate surface area is 195 Å². The molecule has 0 bridgehead atoms. The molecular weight excluding hydrogens is 428 g/mol. The molecule has 0 radical (unpaired) electrons. The van der Waals surface area contributed by atoms with E-state index in [9.17, 15) is 19.2 Å². The molecule has 2 atom stereocenters. The number of ether oxygens (including phenoxy) is 3. The smallest absolute Gasteiger partial charge is 0.408 e. The van der Waals surface area contributed by atoms with Gasteiger partial charge in [0, 0.05) is 6.42 Å². The highest BCUT2D eigenvalue weighted by Crippen LogP contribution is 2.12. The number of nitrogens with one attached hydrogen (secondary N) is 2. The highest BCUT2D eigenvalue weighted by atomic mass is 16.6. The number of hydrogen-bond acceptors (Lipinski definition) is 7. The Bertz CT molecular complexity index is 810. The lowest BCUT2D eigenvalue weighted by Gasteiger charge is -2.25. The zero-order chi connectivity index (χ0) is 25.2. The predicted octanol–water partition coefficient (Wildman–Crippen LogP) is 3.25. The van der Waals surface area contributed by atoms with Gasteiger partial charge in [0.05, 0.1) is 0 Å². The fraction of sp³-hybridized carbons (Fsp3) is 0.583. The van der Waals surface area contributed by atoms with E-state index in [2.05, 4.69) is 10.6 Å². The Balaban J connectivity index is 2.68. The van der Waals surface area contributed by atoms with Gasteiger partial charge in [-0.3, -0.25) is 4.79 Å². The summed E-state index contributed by atoms with van der Waals surface area (Å²) in [6, 6.07) is 7.12. The summed E-state index contributed by atoms with van der Waals surface area (Å²) in [5.74, 6) is -1.73. The van der Waals surface area contributed by atoms with Crippen molar-refractivity contribution in [3.8, 4) is 0 Å². The summed E-state index contributed by atoms with van der Waals surface area (Å²) in [7, 11) is 0. The van der Waals surface area contributed by atoms with Crippen molar-refractivity contribution in [2.45, 2.75) is 91.2 Å². The van der Waals surface area contributed by atoms with Crippen LogP contribution in [0.5, 0.6) is 0 Å². The third kappa shape index (κ3) is 12.5. The van der Waals surface area contributed by atoms with Crippen molar-refractivity contribution in [3.05, 3.63) is 35.9 Å². The molecule has 0 aromatic heterocycles. The number of carbonyl (C=O) groups excluding carboxylic acids is 4. The molecule has 0 fully saturated rings. The summed E-state index contributed by atoms with van der Waals surface area (Å²) in [5, 5.41) is 5.00. The van der Waals surface area contributed by atoms with Crippen LogP contribution < -0.4 is 10.6 Å². The van der Waals surface area contributed by atoms with Crippen molar-refractivity contribution in [2.75, 3.05) is 0 Å². The van der Waals surface area contributed by atoms with Gasteiger partial charge in [0.2, 0.25) is 5.91 Å². The van der Waals surface area contributed by atoms with Crippen LogP contribution in [-0.2, 0) is 35.2 Å². The van der Waals surface area contributed by atoms with Gasteiger partial charge in [-0.2, -0.15) is 0 Å². The van der Waals surface area contributed by atoms with Crippen molar-refractivity contribution < 1.29 is 33.4 Å². The Hall–Kier alpha value is -3.10. The van der Waals surface area contributed by atoms with Crippen LogP contribution in [0.2, 0.25) is 0 Å². The number of carbonyl (C=O) groups is 4. The molecule has 0 saturated carbocycles. The number of amides is 2. The van der Waals surface area contributed by atoms with Crippen molar-refractivity contribution in [3.63, 3.8) is 0 Å². The summed E-state index contributed by atoms with van der Waals surface area (Å²) in [5.41, 5.74) is -0.669. The number of rotatable bonds is 9. The molecule has 9 nitrogen and oxygen atoms in total. The molecule has 184 valence electrons. The van der Waals surface area contributed by atoms with Gasteiger partial charge in [0.15, 0.2) is 0 Å². The van der Waals surface area contributed by atoms with Gasteiger partial charge < -0.3 is 24.8 Å². The van der Waals surface area contributed by atoms with Crippen LogP contribution >= 0.6 is 0 Å². The minimum absolute atomic E-state index is 0.0294. The molecule has 0 aliphatic carbocycles. The molecule has 1 rings (SSSR count). The first-order valence-corrected chi connectivity index (χ1v) is 10.9. The Kier molecular flexibility index (Phi) is 10.3. The summed E-state index contributed by atoms with van der Waals surface area (Å²) in [6.45, 7) is 11.8. The molecule has 9 heteroatoms. The molecule has 0 aliphatic rings. The van der Waals surface area contributed by atoms with E-state index in [-0.39, 0.29) is 19.4 Å². The van der Waals surface area contributed by atoms with Gasteiger partial charge in [0.25, 0.3) is 0 Å². The second-order valence-electron chi connectivity index (χ2n) is 9.65. The van der Waals surface area contributed by atoms with Crippen LogP contribution in [0.4, 0.5) is 4.79 Å². The van der Waals surface area contributed by atoms with E-state index in [0.717, 1.165) is 5.56 Å². The van der Waals surface area contributed by atoms with E-state index in [4.69, 9.17) is 14.2 Å². The number of esters is 2. The van der Waals surface area contributed by atoms with Crippen LogP contribution in [0.1, 0.15) is 66.9 Å². The minimum Gasteiger partial charge on any atom is -0.458 e. The fourth-order valence-corrected chi connectivity index (χ4v) is 2.57. The summed E-state index contributed by atoms with van der Waals surface area (Å²) in [4.78, 5) is 49.2. The molecule has 33 heavy (non-hydrogen) atoms. The highest BCUT2D eigenvalue weighted by molar-refractivity contribution is 5.86. The van der Waals surface area contributed by atoms with E-state index in [1.807, 2.05) is 18.2 Å². The Morgan fingerprint density at radius 3 is 1.94 bits per heavy atom. The average molecular weight is 465 g/mol.